The lowest BCUT2D eigenvalue weighted by Gasteiger charge is -2.20. The Morgan fingerprint density at radius 1 is 1.00 bits per heavy atom. The molecule has 154 valence electrons. The molecule has 0 aliphatic carbocycles. The Hall–Kier alpha value is -2.86. The number of carbonyl (C=O) groups is 2. The van der Waals surface area contributed by atoms with E-state index in [0.717, 1.165) is 19.4 Å². The van der Waals surface area contributed by atoms with Gasteiger partial charge < -0.3 is 20.1 Å². The molecule has 0 spiro atoms. The van der Waals surface area contributed by atoms with Crippen LogP contribution in [0, 0.1) is 0 Å². The molecule has 0 unspecified atom stereocenters. The van der Waals surface area contributed by atoms with Crippen molar-refractivity contribution < 1.29 is 19.1 Å². The molecule has 1 saturated heterocycles. The van der Waals surface area contributed by atoms with Gasteiger partial charge in [-0.1, -0.05) is 0 Å². The number of rotatable bonds is 6. The van der Waals surface area contributed by atoms with Crippen LogP contribution in [0.5, 0.6) is 5.75 Å². The smallest absolute Gasteiger partial charge is 0.255 e. The van der Waals surface area contributed by atoms with Gasteiger partial charge in [-0.25, -0.2) is 0 Å². The summed E-state index contributed by atoms with van der Waals surface area (Å²) in [7, 11) is 0. The van der Waals surface area contributed by atoms with Crippen molar-refractivity contribution in [3.63, 3.8) is 0 Å². The lowest BCUT2D eigenvalue weighted by Crippen LogP contribution is -2.40. The highest BCUT2D eigenvalue weighted by molar-refractivity contribution is 6.04. The van der Waals surface area contributed by atoms with Gasteiger partial charge >= 0.3 is 0 Å². The van der Waals surface area contributed by atoms with Crippen LogP contribution in [-0.4, -0.2) is 36.7 Å². The van der Waals surface area contributed by atoms with E-state index < -0.39 is 0 Å². The van der Waals surface area contributed by atoms with Crippen LogP contribution < -0.4 is 15.4 Å². The third-order valence-corrected chi connectivity index (χ3v) is 4.47. The Labute approximate surface area is 171 Å². The molecule has 2 aromatic carbocycles. The van der Waals surface area contributed by atoms with E-state index >= 15 is 0 Å². The first-order valence-corrected chi connectivity index (χ1v) is 9.88. The first-order valence-electron chi connectivity index (χ1n) is 9.88. The van der Waals surface area contributed by atoms with Gasteiger partial charge in [-0.15, -0.1) is 0 Å². The number of amides is 2. The standard InChI is InChI=1S/C23H28N2O4/c1-23(2,3)25-22(27)17-6-10-18(11-7-17)24-21(26)16-8-12-19(13-9-16)29-15-20-5-4-14-28-20/h6-13,20H,4-5,14-15H2,1-3H3,(H,24,26)(H,25,27)/t20-/m1/s1. The molecule has 1 heterocycles. The van der Waals surface area contributed by atoms with E-state index in [-0.39, 0.29) is 23.5 Å². The lowest BCUT2D eigenvalue weighted by molar-refractivity contribution is 0.0679. The summed E-state index contributed by atoms with van der Waals surface area (Å²) in [5, 5.41) is 5.75. The molecular weight excluding hydrogens is 368 g/mol. The largest absolute Gasteiger partial charge is 0.491 e. The molecule has 1 aliphatic rings. The fourth-order valence-corrected chi connectivity index (χ4v) is 2.99. The van der Waals surface area contributed by atoms with Crippen molar-refractivity contribution in [2.24, 2.45) is 0 Å². The summed E-state index contributed by atoms with van der Waals surface area (Å²) in [6.45, 7) is 7.12. The second kappa shape index (κ2) is 9.09. The highest BCUT2D eigenvalue weighted by atomic mass is 16.5. The minimum Gasteiger partial charge on any atom is -0.491 e. The number of ether oxygens (including phenoxy) is 2. The van der Waals surface area contributed by atoms with Gasteiger partial charge in [0.2, 0.25) is 0 Å². The molecule has 0 bridgehead atoms. The first kappa shape index (κ1) is 20.9. The second-order valence-electron chi connectivity index (χ2n) is 8.21. The van der Waals surface area contributed by atoms with E-state index in [9.17, 15) is 9.59 Å². The van der Waals surface area contributed by atoms with Crippen LogP contribution in [0.2, 0.25) is 0 Å². The predicted octanol–water partition coefficient (Wildman–Crippen LogP) is 4.03. The van der Waals surface area contributed by atoms with Gasteiger partial charge in [0, 0.05) is 29.0 Å². The molecule has 6 nitrogen and oxygen atoms in total. The Bertz CT molecular complexity index is 833. The van der Waals surface area contributed by atoms with Crippen LogP contribution in [-0.2, 0) is 4.74 Å². The van der Waals surface area contributed by atoms with Crippen molar-refractivity contribution >= 4 is 17.5 Å². The average Bonchev–Trinajstić information content (AvgIpc) is 3.19. The molecule has 0 saturated carbocycles. The zero-order valence-corrected chi connectivity index (χ0v) is 17.2. The molecule has 2 amide bonds. The maximum absolute atomic E-state index is 12.4. The number of carbonyl (C=O) groups excluding carboxylic acids is 2. The van der Waals surface area contributed by atoms with E-state index in [4.69, 9.17) is 9.47 Å². The van der Waals surface area contributed by atoms with Crippen molar-refractivity contribution in [3.8, 4) is 5.75 Å². The molecule has 29 heavy (non-hydrogen) atoms. The zero-order valence-electron chi connectivity index (χ0n) is 17.2. The molecule has 0 radical (unpaired) electrons. The van der Waals surface area contributed by atoms with Crippen LogP contribution >= 0.6 is 0 Å². The molecule has 2 N–H and O–H groups in total. The van der Waals surface area contributed by atoms with Crippen LogP contribution in [0.1, 0.15) is 54.3 Å². The summed E-state index contributed by atoms with van der Waals surface area (Å²) in [4.78, 5) is 24.6. The quantitative estimate of drug-likeness (QED) is 0.773. The highest BCUT2D eigenvalue weighted by Gasteiger charge is 2.17. The maximum Gasteiger partial charge on any atom is 0.255 e. The van der Waals surface area contributed by atoms with Gasteiger partial charge in [-0.2, -0.15) is 0 Å². The van der Waals surface area contributed by atoms with Crippen molar-refractivity contribution in [3.05, 3.63) is 59.7 Å². The Kier molecular flexibility index (Phi) is 6.54. The zero-order chi connectivity index (χ0) is 20.9. The molecule has 6 heteroatoms. The van der Waals surface area contributed by atoms with Crippen LogP contribution in [0.15, 0.2) is 48.5 Å². The monoisotopic (exact) mass is 396 g/mol. The van der Waals surface area contributed by atoms with Crippen LogP contribution in [0.4, 0.5) is 5.69 Å². The third-order valence-electron chi connectivity index (χ3n) is 4.47. The molecule has 3 rings (SSSR count). The van der Waals surface area contributed by atoms with Gasteiger partial charge in [0.05, 0.1) is 6.10 Å². The summed E-state index contributed by atoms with van der Waals surface area (Å²) >= 11 is 0. The summed E-state index contributed by atoms with van der Waals surface area (Å²) < 4.78 is 11.3. The average molecular weight is 396 g/mol. The molecule has 0 aromatic heterocycles. The Morgan fingerprint density at radius 2 is 1.62 bits per heavy atom. The number of benzene rings is 2. The van der Waals surface area contributed by atoms with E-state index in [1.165, 1.54) is 0 Å². The van der Waals surface area contributed by atoms with E-state index in [1.54, 1.807) is 48.5 Å². The fraction of sp³-hybridized carbons (Fsp3) is 0.391. The maximum atomic E-state index is 12.4. The Morgan fingerprint density at radius 3 is 2.21 bits per heavy atom. The van der Waals surface area contributed by atoms with Crippen molar-refractivity contribution in [1.29, 1.82) is 0 Å². The number of hydrogen-bond acceptors (Lipinski definition) is 4. The van der Waals surface area contributed by atoms with Crippen molar-refractivity contribution in [1.82, 2.24) is 5.32 Å². The first-order chi connectivity index (χ1) is 13.8. The van der Waals surface area contributed by atoms with Crippen molar-refractivity contribution in [2.45, 2.75) is 45.3 Å². The van der Waals surface area contributed by atoms with Gasteiger partial charge in [0.15, 0.2) is 0 Å². The SMILES string of the molecule is CC(C)(C)NC(=O)c1ccc(NC(=O)c2ccc(OC[C@H]3CCCO3)cc2)cc1. The molecule has 1 atom stereocenters. The second-order valence-corrected chi connectivity index (χ2v) is 8.21. The van der Waals surface area contributed by atoms with Crippen LogP contribution in [0.25, 0.3) is 0 Å². The molecular formula is C23H28N2O4. The number of hydrogen-bond donors (Lipinski definition) is 2. The summed E-state index contributed by atoms with van der Waals surface area (Å²) in [6, 6.07) is 13.8. The normalized spacial score (nSPS) is 16.3. The fourth-order valence-electron chi connectivity index (χ4n) is 2.99. The van der Waals surface area contributed by atoms with Gasteiger partial charge in [-0.05, 0) is 82.1 Å². The molecule has 1 aliphatic heterocycles. The van der Waals surface area contributed by atoms with Gasteiger partial charge in [0.25, 0.3) is 11.8 Å². The summed E-state index contributed by atoms with van der Waals surface area (Å²) in [5.41, 5.74) is 1.40. The molecule has 1 fully saturated rings. The lowest BCUT2D eigenvalue weighted by atomic mass is 10.1. The highest BCUT2D eigenvalue weighted by Crippen LogP contribution is 2.18. The molecule has 2 aromatic rings. The van der Waals surface area contributed by atoms with Gasteiger partial charge in [0.1, 0.15) is 12.4 Å². The van der Waals surface area contributed by atoms with Crippen molar-refractivity contribution in [2.75, 3.05) is 18.5 Å². The number of anilines is 1. The summed E-state index contributed by atoms with van der Waals surface area (Å²) in [5.74, 6) is 0.350. The van der Waals surface area contributed by atoms with Crippen LogP contribution in [0.3, 0.4) is 0 Å². The van der Waals surface area contributed by atoms with Gasteiger partial charge in [-0.3, -0.25) is 9.59 Å². The predicted molar refractivity (Wildman–Crippen MR) is 113 cm³/mol. The van der Waals surface area contributed by atoms with E-state index in [0.29, 0.717) is 29.2 Å². The third kappa shape index (κ3) is 6.32. The minimum atomic E-state index is -0.302. The Balaban J connectivity index is 1.53. The van der Waals surface area contributed by atoms with E-state index in [2.05, 4.69) is 10.6 Å². The topological polar surface area (TPSA) is 76.7 Å². The minimum absolute atomic E-state index is 0.144. The number of nitrogens with one attached hydrogen (secondary N) is 2. The van der Waals surface area contributed by atoms with E-state index in [1.807, 2.05) is 20.8 Å². The summed E-state index contributed by atoms with van der Waals surface area (Å²) in [6.07, 6.45) is 2.26.